The zero-order valence-corrected chi connectivity index (χ0v) is 6.13. The fraction of sp³-hybridized carbons (Fsp3) is 0.833. The van der Waals surface area contributed by atoms with Crippen molar-refractivity contribution in [3.8, 4) is 0 Å². The lowest BCUT2D eigenvalue weighted by atomic mass is 10.1. The summed E-state index contributed by atoms with van der Waals surface area (Å²) in [5, 5.41) is 17.7. The van der Waals surface area contributed by atoms with Gasteiger partial charge in [-0.1, -0.05) is 13.3 Å². The smallest absolute Gasteiger partial charge is 0.366 e. The van der Waals surface area contributed by atoms with Gasteiger partial charge in [-0.15, -0.1) is 0 Å². The van der Waals surface area contributed by atoms with Gasteiger partial charge in [-0.25, -0.2) is 4.79 Å². The number of hydrogen-bond donors (Lipinski definition) is 2. The minimum atomic E-state index is -2.30. The third-order valence-corrected chi connectivity index (χ3v) is 1.11. The summed E-state index contributed by atoms with van der Waals surface area (Å²) in [5.41, 5.74) is 0. The quantitative estimate of drug-likeness (QED) is 0.423. The molecule has 0 spiro atoms. The van der Waals surface area contributed by atoms with Crippen molar-refractivity contribution in [2.24, 2.45) is 0 Å². The van der Waals surface area contributed by atoms with E-state index in [0.29, 0.717) is 6.42 Å². The first-order valence-corrected chi connectivity index (χ1v) is 3.07. The lowest BCUT2D eigenvalue weighted by molar-refractivity contribution is -0.208. The lowest BCUT2D eigenvalue weighted by Gasteiger charge is -2.16. The van der Waals surface area contributed by atoms with Crippen molar-refractivity contribution in [1.29, 1.82) is 0 Å². The number of carbonyl (C=O) groups is 1. The molecule has 0 saturated heterocycles. The van der Waals surface area contributed by atoms with Gasteiger partial charge in [-0.3, -0.25) is 0 Å². The van der Waals surface area contributed by atoms with Crippen LogP contribution in [-0.2, 0) is 9.53 Å². The predicted octanol–water partition coefficient (Wildman–Crippen LogP) is -0.360. The molecule has 4 heteroatoms. The molecular weight excluding hydrogens is 136 g/mol. The van der Waals surface area contributed by atoms with Gasteiger partial charge in [-0.2, -0.15) is 0 Å². The van der Waals surface area contributed by atoms with Crippen molar-refractivity contribution in [3.05, 3.63) is 0 Å². The van der Waals surface area contributed by atoms with Crippen LogP contribution in [0, 0.1) is 0 Å². The molecule has 0 aliphatic rings. The van der Waals surface area contributed by atoms with Gasteiger partial charge < -0.3 is 14.9 Å². The highest BCUT2D eigenvalue weighted by molar-refractivity contribution is 5.76. The first-order chi connectivity index (χ1) is 4.54. The molecule has 0 aromatic carbocycles. The van der Waals surface area contributed by atoms with Gasteiger partial charge in [-0.05, 0) is 0 Å². The maximum atomic E-state index is 10.5. The summed E-state index contributed by atoms with van der Waals surface area (Å²) in [7, 11) is 1.11. The maximum Gasteiger partial charge on any atom is 0.366 e. The number of rotatable bonds is 3. The average molecular weight is 148 g/mol. The molecule has 0 aliphatic carbocycles. The third-order valence-electron chi connectivity index (χ3n) is 1.11. The van der Waals surface area contributed by atoms with Gasteiger partial charge in [0.05, 0.1) is 7.11 Å². The molecule has 0 heterocycles. The molecule has 0 fully saturated rings. The summed E-state index contributed by atoms with van der Waals surface area (Å²) in [6.45, 7) is 1.74. The van der Waals surface area contributed by atoms with E-state index in [9.17, 15) is 4.79 Å². The molecule has 0 aliphatic heterocycles. The fourth-order valence-electron chi connectivity index (χ4n) is 0.614. The molecule has 60 valence electrons. The minimum Gasteiger partial charge on any atom is -0.465 e. The predicted molar refractivity (Wildman–Crippen MR) is 34.1 cm³/mol. The molecule has 0 rings (SSSR count). The Hall–Kier alpha value is -0.610. The number of aliphatic hydroxyl groups is 2. The maximum absolute atomic E-state index is 10.5. The Morgan fingerprint density at radius 1 is 1.60 bits per heavy atom. The van der Waals surface area contributed by atoms with Crippen molar-refractivity contribution in [2.45, 2.75) is 25.6 Å². The summed E-state index contributed by atoms with van der Waals surface area (Å²) in [6, 6.07) is 0. The number of esters is 1. The van der Waals surface area contributed by atoms with Crippen molar-refractivity contribution >= 4 is 5.97 Å². The molecule has 0 atom stereocenters. The second kappa shape index (κ2) is 3.53. The van der Waals surface area contributed by atoms with Gasteiger partial charge in [0.25, 0.3) is 5.79 Å². The van der Waals surface area contributed by atoms with Crippen LogP contribution in [0.1, 0.15) is 19.8 Å². The minimum absolute atomic E-state index is 0.000324. The Morgan fingerprint density at radius 3 is 2.40 bits per heavy atom. The molecule has 0 amide bonds. The fourth-order valence-corrected chi connectivity index (χ4v) is 0.614. The SMILES string of the molecule is CCCC(O)(O)C(=O)OC. The van der Waals surface area contributed by atoms with Gasteiger partial charge in [0.2, 0.25) is 0 Å². The van der Waals surface area contributed by atoms with Gasteiger partial charge in [0.15, 0.2) is 0 Å². The first kappa shape index (κ1) is 9.39. The van der Waals surface area contributed by atoms with E-state index in [4.69, 9.17) is 10.2 Å². The summed E-state index contributed by atoms with van der Waals surface area (Å²) < 4.78 is 4.13. The highest BCUT2D eigenvalue weighted by Crippen LogP contribution is 2.09. The summed E-state index contributed by atoms with van der Waals surface area (Å²) in [5.74, 6) is -3.31. The molecular formula is C6H12O4. The number of carbonyl (C=O) groups excluding carboxylic acids is 1. The third kappa shape index (κ3) is 2.33. The second-order valence-electron chi connectivity index (χ2n) is 2.06. The Labute approximate surface area is 59.4 Å². The van der Waals surface area contributed by atoms with Crippen LogP contribution in [0.3, 0.4) is 0 Å². The molecule has 4 nitrogen and oxygen atoms in total. The highest BCUT2D eigenvalue weighted by Gasteiger charge is 2.32. The van der Waals surface area contributed by atoms with Crippen molar-refractivity contribution < 1.29 is 19.7 Å². The van der Waals surface area contributed by atoms with Crippen molar-refractivity contribution in [1.82, 2.24) is 0 Å². The Bertz CT molecular complexity index is 119. The number of methoxy groups -OCH3 is 1. The summed E-state index contributed by atoms with van der Waals surface area (Å²) in [4.78, 5) is 10.5. The largest absolute Gasteiger partial charge is 0.465 e. The van der Waals surface area contributed by atoms with E-state index in [1.54, 1.807) is 6.92 Å². The molecule has 0 bridgehead atoms. The lowest BCUT2D eigenvalue weighted by Crippen LogP contribution is -2.38. The van der Waals surface area contributed by atoms with E-state index in [-0.39, 0.29) is 6.42 Å². The van der Waals surface area contributed by atoms with Crippen LogP contribution in [0.25, 0.3) is 0 Å². The normalized spacial score (nSPS) is 11.2. The van der Waals surface area contributed by atoms with E-state index in [1.807, 2.05) is 0 Å². The molecule has 2 N–H and O–H groups in total. The standard InChI is InChI=1S/C6H12O4/c1-3-4-6(8,9)5(7)10-2/h8-9H,3-4H2,1-2H3. The number of ether oxygens (including phenoxy) is 1. The molecule has 0 radical (unpaired) electrons. The van der Waals surface area contributed by atoms with E-state index in [0.717, 1.165) is 7.11 Å². The van der Waals surface area contributed by atoms with Crippen LogP contribution in [0.4, 0.5) is 0 Å². The molecule has 10 heavy (non-hydrogen) atoms. The zero-order valence-electron chi connectivity index (χ0n) is 6.13. The summed E-state index contributed by atoms with van der Waals surface area (Å²) >= 11 is 0. The van der Waals surface area contributed by atoms with E-state index in [1.165, 1.54) is 0 Å². The molecule has 0 unspecified atom stereocenters. The molecule has 0 aromatic heterocycles. The highest BCUT2D eigenvalue weighted by atomic mass is 16.6. The Morgan fingerprint density at radius 2 is 2.10 bits per heavy atom. The first-order valence-electron chi connectivity index (χ1n) is 3.07. The van der Waals surface area contributed by atoms with Gasteiger partial charge in [0.1, 0.15) is 0 Å². The Balaban J connectivity index is 3.96. The van der Waals surface area contributed by atoms with E-state index < -0.39 is 11.8 Å². The van der Waals surface area contributed by atoms with E-state index in [2.05, 4.69) is 4.74 Å². The monoisotopic (exact) mass is 148 g/mol. The summed E-state index contributed by atoms with van der Waals surface area (Å²) in [6.07, 6.45) is 0.516. The van der Waals surface area contributed by atoms with Crippen LogP contribution < -0.4 is 0 Å². The molecule has 0 saturated carbocycles. The topological polar surface area (TPSA) is 66.8 Å². The Kier molecular flexibility index (Phi) is 3.32. The van der Waals surface area contributed by atoms with Crippen LogP contribution in [-0.4, -0.2) is 29.1 Å². The zero-order chi connectivity index (χ0) is 8.20. The van der Waals surface area contributed by atoms with Crippen LogP contribution in [0.5, 0.6) is 0 Å². The van der Waals surface area contributed by atoms with Gasteiger partial charge in [0, 0.05) is 6.42 Å². The molecule has 0 aromatic rings. The number of hydrogen-bond acceptors (Lipinski definition) is 4. The average Bonchev–Trinajstić information content (AvgIpc) is 1.86. The second-order valence-corrected chi connectivity index (χ2v) is 2.06. The van der Waals surface area contributed by atoms with Gasteiger partial charge >= 0.3 is 5.97 Å². The van der Waals surface area contributed by atoms with Crippen LogP contribution >= 0.6 is 0 Å². The van der Waals surface area contributed by atoms with Crippen molar-refractivity contribution in [3.63, 3.8) is 0 Å². The van der Waals surface area contributed by atoms with Crippen LogP contribution in [0.2, 0.25) is 0 Å². The van der Waals surface area contributed by atoms with Crippen LogP contribution in [0.15, 0.2) is 0 Å². The van der Waals surface area contributed by atoms with Crippen molar-refractivity contribution in [2.75, 3.05) is 7.11 Å². The van der Waals surface area contributed by atoms with E-state index >= 15 is 0 Å².